The van der Waals surface area contributed by atoms with Crippen molar-refractivity contribution < 1.29 is 23.0 Å². The monoisotopic (exact) mass is 280 g/mol. The lowest BCUT2D eigenvalue weighted by molar-refractivity contribution is 0.111. The third-order valence-corrected chi connectivity index (χ3v) is 2.40. The zero-order chi connectivity index (χ0) is 15.0. The van der Waals surface area contributed by atoms with Crippen molar-refractivity contribution >= 4 is 6.29 Å². The summed E-state index contributed by atoms with van der Waals surface area (Å²) in [4.78, 5) is 10.2. The van der Waals surface area contributed by atoms with Crippen molar-refractivity contribution in [1.82, 2.24) is 0 Å². The first-order valence-electron chi connectivity index (χ1n) is 5.70. The van der Waals surface area contributed by atoms with E-state index in [1.165, 1.54) is 32.4 Å². The molecule has 0 fully saturated rings. The summed E-state index contributed by atoms with van der Waals surface area (Å²) >= 11 is 0. The topological polar surface area (TPSA) is 35.5 Å². The lowest BCUT2D eigenvalue weighted by Crippen LogP contribution is -1.92. The van der Waals surface area contributed by atoms with Crippen LogP contribution in [0.2, 0.25) is 0 Å². The number of para-hydroxylation sites is 1. The number of ether oxygens (including phenoxy) is 2. The number of carbonyl (C=O) groups is 1. The number of halogens is 2. The molecule has 0 aliphatic heterocycles. The Bertz CT molecular complexity index is 571. The molecule has 0 radical (unpaired) electrons. The average Bonchev–Trinajstić information content (AvgIpc) is 2.49. The number of benzene rings is 2. The lowest BCUT2D eigenvalue weighted by Gasteiger charge is -2.01. The molecule has 0 saturated carbocycles. The minimum absolute atomic E-state index is 0.0179. The second-order valence-electron chi connectivity index (χ2n) is 3.62. The van der Waals surface area contributed by atoms with E-state index in [1.807, 2.05) is 0 Å². The molecular weight excluding hydrogens is 266 g/mol. The minimum atomic E-state index is -0.606. The van der Waals surface area contributed by atoms with Gasteiger partial charge in [-0.2, -0.15) is 0 Å². The molecule has 0 aliphatic rings. The van der Waals surface area contributed by atoms with Crippen molar-refractivity contribution in [1.29, 1.82) is 0 Å². The fourth-order valence-corrected chi connectivity index (χ4v) is 1.39. The highest BCUT2D eigenvalue weighted by atomic mass is 19.1. The van der Waals surface area contributed by atoms with E-state index < -0.39 is 5.82 Å². The summed E-state index contributed by atoms with van der Waals surface area (Å²) in [6.45, 7) is 0. The average molecular weight is 280 g/mol. The van der Waals surface area contributed by atoms with E-state index in [0.29, 0.717) is 6.29 Å². The van der Waals surface area contributed by atoms with E-state index in [4.69, 9.17) is 0 Å². The minimum Gasteiger partial charge on any atom is -0.494 e. The Balaban J connectivity index is 0.000000204. The molecule has 0 aromatic heterocycles. The molecule has 0 unspecified atom stereocenters. The first-order valence-corrected chi connectivity index (χ1v) is 5.70. The highest BCUT2D eigenvalue weighted by Gasteiger charge is 2.05. The summed E-state index contributed by atoms with van der Waals surface area (Å²) < 4.78 is 34.7. The Hall–Kier alpha value is -2.43. The van der Waals surface area contributed by atoms with E-state index in [2.05, 4.69) is 9.47 Å². The second kappa shape index (κ2) is 7.89. The van der Waals surface area contributed by atoms with Gasteiger partial charge in [-0.3, -0.25) is 4.79 Å². The molecule has 0 saturated heterocycles. The van der Waals surface area contributed by atoms with Crippen LogP contribution < -0.4 is 9.47 Å². The van der Waals surface area contributed by atoms with E-state index in [1.54, 1.807) is 24.3 Å². The van der Waals surface area contributed by atoms with Gasteiger partial charge in [-0.05, 0) is 24.3 Å². The van der Waals surface area contributed by atoms with Crippen molar-refractivity contribution in [2.75, 3.05) is 14.2 Å². The predicted octanol–water partition coefficient (Wildman–Crippen LogP) is 3.48. The van der Waals surface area contributed by atoms with E-state index in [-0.39, 0.29) is 22.9 Å². The number of hydrogen-bond acceptors (Lipinski definition) is 3. The maximum absolute atomic E-state index is 12.9. The van der Waals surface area contributed by atoms with Crippen LogP contribution in [0.1, 0.15) is 10.4 Å². The Labute approximate surface area is 115 Å². The highest BCUT2D eigenvalue weighted by molar-refractivity contribution is 5.76. The van der Waals surface area contributed by atoms with Gasteiger partial charge in [0.2, 0.25) is 0 Å². The largest absolute Gasteiger partial charge is 0.494 e. The van der Waals surface area contributed by atoms with Crippen LogP contribution in [-0.2, 0) is 0 Å². The second-order valence-corrected chi connectivity index (χ2v) is 3.62. The molecule has 0 amide bonds. The van der Waals surface area contributed by atoms with Crippen LogP contribution >= 0.6 is 0 Å². The van der Waals surface area contributed by atoms with Gasteiger partial charge >= 0.3 is 0 Å². The van der Waals surface area contributed by atoms with Gasteiger partial charge in [-0.15, -0.1) is 0 Å². The summed E-state index contributed by atoms with van der Waals surface area (Å²) in [6, 6.07) is 10.7. The van der Waals surface area contributed by atoms with E-state index >= 15 is 0 Å². The smallest absolute Gasteiger partial charge is 0.175 e. The fourth-order valence-electron chi connectivity index (χ4n) is 1.39. The Kier molecular flexibility index (Phi) is 6.16. The molecule has 2 aromatic rings. The van der Waals surface area contributed by atoms with E-state index in [0.717, 1.165) is 0 Å². The SMILES string of the molecule is COc1cccc(C=O)c1F.COc1ccccc1F. The van der Waals surface area contributed by atoms with Gasteiger partial charge in [0.15, 0.2) is 29.4 Å². The quantitative estimate of drug-likeness (QED) is 0.807. The third-order valence-electron chi connectivity index (χ3n) is 2.40. The van der Waals surface area contributed by atoms with Crippen molar-refractivity contribution in [2.45, 2.75) is 0 Å². The highest BCUT2D eigenvalue weighted by Crippen LogP contribution is 2.18. The van der Waals surface area contributed by atoms with Crippen LogP contribution in [-0.4, -0.2) is 20.5 Å². The summed E-state index contributed by atoms with van der Waals surface area (Å²) in [6.07, 6.45) is 0.456. The number of methoxy groups -OCH3 is 2. The summed E-state index contributed by atoms with van der Waals surface area (Å²) in [5.41, 5.74) is 0.0179. The first kappa shape index (κ1) is 15.6. The molecule has 106 valence electrons. The summed E-state index contributed by atoms with van der Waals surface area (Å²) in [5.74, 6) is -0.544. The maximum atomic E-state index is 12.9. The predicted molar refractivity (Wildman–Crippen MR) is 71.3 cm³/mol. The molecule has 2 aromatic carbocycles. The molecule has 0 atom stereocenters. The van der Waals surface area contributed by atoms with Crippen molar-refractivity contribution in [2.24, 2.45) is 0 Å². The molecular formula is C15H14F2O3. The zero-order valence-electron chi connectivity index (χ0n) is 11.1. The van der Waals surface area contributed by atoms with E-state index in [9.17, 15) is 13.6 Å². The van der Waals surface area contributed by atoms with Gasteiger partial charge in [0, 0.05) is 0 Å². The lowest BCUT2D eigenvalue weighted by atomic mass is 10.2. The number of hydrogen-bond donors (Lipinski definition) is 0. The zero-order valence-corrected chi connectivity index (χ0v) is 11.1. The molecule has 0 heterocycles. The molecule has 0 spiro atoms. The maximum Gasteiger partial charge on any atom is 0.175 e. The standard InChI is InChI=1S/C8H7FO2.C7H7FO/c1-11-7-4-2-3-6(5-10)8(7)9;1-9-7-5-3-2-4-6(7)8/h2-5H,1H3;2-5H,1H3. The Morgan fingerprint density at radius 2 is 1.50 bits per heavy atom. The van der Waals surface area contributed by atoms with Crippen LogP contribution in [0.4, 0.5) is 8.78 Å². The molecule has 2 rings (SSSR count). The van der Waals surface area contributed by atoms with Gasteiger partial charge in [0.25, 0.3) is 0 Å². The number of aldehydes is 1. The number of carbonyl (C=O) groups excluding carboxylic acids is 1. The van der Waals surface area contributed by atoms with Crippen LogP contribution in [0.25, 0.3) is 0 Å². The van der Waals surface area contributed by atoms with Crippen LogP contribution in [0, 0.1) is 11.6 Å². The molecule has 5 heteroatoms. The summed E-state index contributed by atoms with van der Waals surface area (Å²) in [7, 11) is 2.80. The van der Waals surface area contributed by atoms with Gasteiger partial charge < -0.3 is 9.47 Å². The molecule has 20 heavy (non-hydrogen) atoms. The first-order chi connectivity index (χ1) is 9.63. The molecule has 3 nitrogen and oxygen atoms in total. The number of rotatable bonds is 3. The molecule has 0 N–H and O–H groups in total. The Morgan fingerprint density at radius 1 is 0.900 bits per heavy atom. The molecule has 0 bridgehead atoms. The van der Waals surface area contributed by atoms with Gasteiger partial charge in [0.05, 0.1) is 19.8 Å². The summed E-state index contributed by atoms with van der Waals surface area (Å²) in [5, 5.41) is 0. The van der Waals surface area contributed by atoms with Crippen LogP contribution in [0.3, 0.4) is 0 Å². The normalized spacial score (nSPS) is 9.20. The van der Waals surface area contributed by atoms with Crippen molar-refractivity contribution in [3.8, 4) is 11.5 Å². The van der Waals surface area contributed by atoms with Gasteiger partial charge in [0.1, 0.15) is 0 Å². The Morgan fingerprint density at radius 3 is 2.00 bits per heavy atom. The fraction of sp³-hybridized carbons (Fsp3) is 0.133. The van der Waals surface area contributed by atoms with Crippen molar-refractivity contribution in [3.05, 3.63) is 59.7 Å². The molecule has 0 aliphatic carbocycles. The van der Waals surface area contributed by atoms with Gasteiger partial charge in [-0.1, -0.05) is 18.2 Å². The van der Waals surface area contributed by atoms with Gasteiger partial charge in [-0.25, -0.2) is 8.78 Å². The van der Waals surface area contributed by atoms with Crippen molar-refractivity contribution in [3.63, 3.8) is 0 Å². The van der Waals surface area contributed by atoms with Crippen LogP contribution in [0.5, 0.6) is 11.5 Å². The van der Waals surface area contributed by atoms with Crippen LogP contribution in [0.15, 0.2) is 42.5 Å². The third kappa shape index (κ3) is 4.05.